The molecule has 0 saturated carbocycles. The van der Waals surface area contributed by atoms with Crippen LogP contribution in [0.5, 0.6) is 5.75 Å². The Labute approximate surface area is 199 Å². The van der Waals surface area contributed by atoms with Crippen LogP contribution < -0.4 is 10.1 Å². The van der Waals surface area contributed by atoms with Crippen molar-refractivity contribution in [2.45, 2.75) is 51.8 Å². The van der Waals surface area contributed by atoms with Crippen LogP contribution in [0.25, 0.3) is 11.3 Å². The third kappa shape index (κ3) is 6.68. The van der Waals surface area contributed by atoms with E-state index in [1.165, 1.54) is 11.3 Å². The summed E-state index contributed by atoms with van der Waals surface area (Å²) in [6, 6.07) is 6.06. The topological polar surface area (TPSA) is 84.0 Å². The number of benzene rings is 1. The summed E-state index contributed by atoms with van der Waals surface area (Å²) in [4.78, 5) is 33.9. The maximum Gasteiger partial charge on any atom is 0.408 e. The lowest BCUT2D eigenvalue weighted by Crippen LogP contribution is -2.44. The van der Waals surface area contributed by atoms with E-state index in [0.29, 0.717) is 17.4 Å². The lowest BCUT2D eigenvalue weighted by atomic mass is 10.0. The Morgan fingerprint density at radius 3 is 2.55 bits per heavy atom. The summed E-state index contributed by atoms with van der Waals surface area (Å²) in [5, 5.41) is 5.40. The number of piperidine rings is 1. The van der Waals surface area contributed by atoms with Gasteiger partial charge < -0.3 is 24.6 Å². The third-order valence-corrected chi connectivity index (χ3v) is 6.39. The molecule has 0 radical (unpaired) electrons. The first kappa shape index (κ1) is 25.0. The smallest absolute Gasteiger partial charge is 0.408 e. The van der Waals surface area contributed by atoms with Gasteiger partial charge >= 0.3 is 6.09 Å². The summed E-state index contributed by atoms with van der Waals surface area (Å²) in [6.45, 7) is 7.20. The van der Waals surface area contributed by atoms with E-state index < -0.39 is 11.7 Å². The van der Waals surface area contributed by atoms with Crippen molar-refractivity contribution in [2.24, 2.45) is 0 Å². The van der Waals surface area contributed by atoms with Gasteiger partial charge in [0, 0.05) is 30.1 Å². The minimum Gasteiger partial charge on any atom is -0.496 e. The predicted octanol–water partition coefficient (Wildman–Crippen LogP) is 4.01. The Kier molecular flexibility index (Phi) is 7.97. The van der Waals surface area contributed by atoms with Crippen molar-refractivity contribution in [1.29, 1.82) is 0 Å². The Hall–Kier alpha value is -2.65. The van der Waals surface area contributed by atoms with Gasteiger partial charge in [-0.3, -0.25) is 4.79 Å². The normalized spacial score (nSPS) is 14.9. The molecule has 1 aromatic carbocycles. The molecule has 9 heteroatoms. The molecule has 1 aliphatic heterocycles. The largest absolute Gasteiger partial charge is 0.496 e. The monoisotopic (exact) mass is 474 g/mol. The van der Waals surface area contributed by atoms with Gasteiger partial charge in [0.2, 0.25) is 0 Å². The van der Waals surface area contributed by atoms with Gasteiger partial charge in [-0.1, -0.05) is 0 Å². The zero-order valence-corrected chi connectivity index (χ0v) is 21.1. The number of hydrogen-bond acceptors (Lipinski definition) is 7. The molecule has 0 unspecified atom stereocenters. The summed E-state index contributed by atoms with van der Waals surface area (Å²) < 4.78 is 10.7. The fraction of sp³-hybridized carbons (Fsp3) is 0.542. The van der Waals surface area contributed by atoms with Crippen LogP contribution in [0.4, 0.5) is 4.79 Å². The molecule has 0 aliphatic carbocycles. The van der Waals surface area contributed by atoms with Crippen LogP contribution in [0.1, 0.15) is 49.0 Å². The standard InChI is InChI=1S/C24H34N4O4S/c1-24(2,3)32-23(30)25-14-21-26-19(15-33-21)16-7-8-20(31-6)18(13-16)22(29)28-11-9-17(10-12-28)27(4)5/h7-8,13,15,17H,9-12,14H2,1-6H3,(H,25,30). The molecule has 2 heterocycles. The van der Waals surface area contributed by atoms with Gasteiger partial charge in [-0.25, -0.2) is 9.78 Å². The number of ether oxygens (including phenoxy) is 2. The minimum atomic E-state index is -0.550. The van der Waals surface area contributed by atoms with Crippen molar-refractivity contribution >= 4 is 23.3 Å². The second-order valence-corrected chi connectivity index (χ2v) is 10.3. The Morgan fingerprint density at radius 2 is 1.94 bits per heavy atom. The van der Waals surface area contributed by atoms with Crippen molar-refractivity contribution in [3.63, 3.8) is 0 Å². The zero-order valence-electron chi connectivity index (χ0n) is 20.3. The molecule has 8 nitrogen and oxygen atoms in total. The van der Waals surface area contributed by atoms with E-state index in [1.807, 2.05) is 49.3 Å². The number of amides is 2. The number of carbonyl (C=O) groups is 2. The molecule has 0 spiro atoms. The molecule has 3 rings (SSSR count). The number of likely N-dealkylation sites (tertiary alicyclic amines) is 1. The average Bonchev–Trinajstić information content (AvgIpc) is 3.25. The van der Waals surface area contributed by atoms with E-state index >= 15 is 0 Å². The molecule has 0 atom stereocenters. The molecule has 1 fully saturated rings. The molecule has 180 valence electrons. The fourth-order valence-corrected chi connectivity index (χ4v) is 4.52. The third-order valence-electron chi connectivity index (χ3n) is 5.54. The first-order valence-corrected chi connectivity index (χ1v) is 12.0. The second-order valence-electron chi connectivity index (χ2n) is 9.38. The number of thiazole rings is 1. The number of aromatic nitrogens is 1. The van der Waals surface area contributed by atoms with Crippen molar-refractivity contribution in [1.82, 2.24) is 20.1 Å². The van der Waals surface area contributed by atoms with Gasteiger partial charge in [-0.05, 0) is 65.9 Å². The molecule has 0 bridgehead atoms. The maximum absolute atomic E-state index is 13.3. The highest BCUT2D eigenvalue weighted by molar-refractivity contribution is 7.09. The van der Waals surface area contributed by atoms with E-state index in [0.717, 1.165) is 42.2 Å². The molecule has 33 heavy (non-hydrogen) atoms. The summed E-state index contributed by atoms with van der Waals surface area (Å²) in [5.74, 6) is 0.536. The summed E-state index contributed by atoms with van der Waals surface area (Å²) >= 11 is 1.45. The van der Waals surface area contributed by atoms with Crippen molar-refractivity contribution in [3.8, 4) is 17.0 Å². The lowest BCUT2D eigenvalue weighted by Gasteiger charge is -2.35. The first-order valence-electron chi connectivity index (χ1n) is 11.1. The number of nitrogens with one attached hydrogen (secondary N) is 1. The van der Waals surface area contributed by atoms with Crippen LogP contribution in [0.15, 0.2) is 23.6 Å². The lowest BCUT2D eigenvalue weighted by molar-refractivity contribution is 0.0523. The SMILES string of the molecule is COc1ccc(-c2csc(CNC(=O)OC(C)(C)C)n2)cc1C(=O)N1CCC(N(C)C)CC1. The first-order chi connectivity index (χ1) is 15.6. The fourth-order valence-electron chi connectivity index (χ4n) is 3.78. The summed E-state index contributed by atoms with van der Waals surface area (Å²) in [5.41, 5.74) is 1.58. The predicted molar refractivity (Wildman–Crippen MR) is 130 cm³/mol. The number of carbonyl (C=O) groups excluding carboxylic acids is 2. The highest BCUT2D eigenvalue weighted by atomic mass is 32.1. The summed E-state index contributed by atoms with van der Waals surface area (Å²) in [7, 11) is 5.74. The minimum absolute atomic E-state index is 0.0204. The van der Waals surface area contributed by atoms with Gasteiger partial charge in [0.25, 0.3) is 5.91 Å². The van der Waals surface area contributed by atoms with Gasteiger partial charge in [0.1, 0.15) is 16.4 Å². The number of alkyl carbamates (subject to hydrolysis) is 1. The molecular formula is C24H34N4O4S. The molecule has 1 aliphatic rings. The van der Waals surface area contributed by atoms with Crippen molar-refractivity contribution in [3.05, 3.63) is 34.2 Å². The molecule has 2 amide bonds. The number of rotatable bonds is 6. The van der Waals surface area contributed by atoms with E-state index in [9.17, 15) is 9.59 Å². The number of hydrogen-bond donors (Lipinski definition) is 1. The Morgan fingerprint density at radius 1 is 1.24 bits per heavy atom. The highest BCUT2D eigenvalue weighted by Crippen LogP contribution is 2.29. The zero-order chi connectivity index (χ0) is 24.2. The van der Waals surface area contributed by atoms with Crippen LogP contribution in [0.3, 0.4) is 0 Å². The molecule has 1 N–H and O–H groups in total. The Balaban J connectivity index is 1.71. The highest BCUT2D eigenvalue weighted by Gasteiger charge is 2.27. The van der Waals surface area contributed by atoms with Crippen LogP contribution in [-0.4, -0.2) is 72.7 Å². The van der Waals surface area contributed by atoms with Gasteiger partial charge in [0.05, 0.1) is 24.9 Å². The van der Waals surface area contributed by atoms with Crippen molar-refractivity contribution in [2.75, 3.05) is 34.3 Å². The van der Waals surface area contributed by atoms with E-state index in [4.69, 9.17) is 9.47 Å². The molecular weight excluding hydrogens is 440 g/mol. The van der Waals surface area contributed by atoms with E-state index in [-0.39, 0.29) is 12.5 Å². The van der Waals surface area contributed by atoms with Crippen LogP contribution in [0, 0.1) is 0 Å². The van der Waals surface area contributed by atoms with Crippen LogP contribution in [0.2, 0.25) is 0 Å². The summed E-state index contributed by atoms with van der Waals surface area (Å²) in [6.07, 6.45) is 1.44. The van der Waals surface area contributed by atoms with Gasteiger partial charge in [0.15, 0.2) is 0 Å². The second kappa shape index (κ2) is 10.5. The van der Waals surface area contributed by atoms with Crippen LogP contribution >= 0.6 is 11.3 Å². The molecule has 1 aromatic heterocycles. The number of methoxy groups -OCH3 is 1. The van der Waals surface area contributed by atoms with Crippen LogP contribution in [-0.2, 0) is 11.3 Å². The average molecular weight is 475 g/mol. The Bertz CT molecular complexity index is 975. The maximum atomic E-state index is 13.3. The number of nitrogens with zero attached hydrogens (tertiary/aromatic N) is 3. The van der Waals surface area contributed by atoms with Gasteiger partial charge in [-0.15, -0.1) is 11.3 Å². The quantitative estimate of drug-likeness (QED) is 0.681. The van der Waals surface area contributed by atoms with E-state index in [1.54, 1.807) is 7.11 Å². The molecule has 1 saturated heterocycles. The molecule has 2 aromatic rings. The van der Waals surface area contributed by atoms with E-state index in [2.05, 4.69) is 29.3 Å². The van der Waals surface area contributed by atoms with Crippen molar-refractivity contribution < 1.29 is 19.1 Å². The van der Waals surface area contributed by atoms with Gasteiger partial charge in [-0.2, -0.15) is 0 Å².